The molecule has 0 atom stereocenters. The first-order chi connectivity index (χ1) is 7.58. The van der Waals surface area contributed by atoms with Crippen molar-refractivity contribution in [1.82, 2.24) is 0 Å². The summed E-state index contributed by atoms with van der Waals surface area (Å²) in [5.41, 5.74) is 14.5. The van der Waals surface area contributed by atoms with Gasteiger partial charge in [-0.25, -0.2) is 8.78 Å². The maximum atomic E-state index is 12.0. The smallest absolute Gasteiger partial charge is 0.699 e. The van der Waals surface area contributed by atoms with Crippen LogP contribution in [-0.4, -0.2) is 34.7 Å². The molecule has 0 saturated carbocycles. The van der Waals surface area contributed by atoms with Crippen LogP contribution in [0.4, 0.5) is 20.2 Å². The first-order valence-corrected chi connectivity index (χ1v) is 4.52. The molecule has 0 aliphatic carbocycles. The van der Waals surface area contributed by atoms with Crippen molar-refractivity contribution >= 4 is 46.1 Å². The van der Waals surface area contributed by atoms with E-state index in [1.165, 1.54) is 48.5 Å². The van der Waals surface area contributed by atoms with Crippen LogP contribution < -0.4 is 0 Å². The molecular formula is C16H22Al2F2N2. The van der Waals surface area contributed by atoms with Crippen molar-refractivity contribution in [2.24, 2.45) is 0 Å². The number of hydrogen-bond acceptors (Lipinski definition) is 0. The summed E-state index contributed by atoms with van der Waals surface area (Å²) in [6.07, 6.45) is 0. The van der Waals surface area contributed by atoms with Crippen LogP contribution in [0, 0.1) is 41.3 Å². The second kappa shape index (κ2) is 20.0. The first kappa shape index (κ1) is 37.3. The number of nitrogens with one attached hydrogen (secondary N) is 2. The van der Waals surface area contributed by atoms with Crippen LogP contribution in [0.25, 0.3) is 11.5 Å². The van der Waals surface area contributed by atoms with Gasteiger partial charge >= 0.3 is 34.7 Å². The number of benzene rings is 2. The molecule has 0 radical (unpaired) electrons. The van der Waals surface area contributed by atoms with Gasteiger partial charge in [-0.1, -0.05) is 24.3 Å². The topological polar surface area (TPSA) is 47.6 Å². The second-order valence-electron chi connectivity index (χ2n) is 3.01. The van der Waals surface area contributed by atoms with Crippen LogP contribution in [-0.2, 0) is 0 Å². The molecule has 0 aliphatic rings. The van der Waals surface area contributed by atoms with E-state index in [0.29, 0.717) is 11.4 Å². The summed E-state index contributed by atoms with van der Waals surface area (Å²) < 4.78 is 24.0. The molecule has 0 aromatic heterocycles. The van der Waals surface area contributed by atoms with E-state index in [2.05, 4.69) is 0 Å². The van der Waals surface area contributed by atoms with Gasteiger partial charge in [0.05, 0.1) is 0 Å². The fourth-order valence-corrected chi connectivity index (χ4v) is 0.900. The van der Waals surface area contributed by atoms with Gasteiger partial charge in [-0.3, -0.25) is 0 Å². The Hall–Kier alpha value is -1.04. The molecule has 0 unspecified atom stereocenters. The van der Waals surface area contributed by atoms with Crippen LogP contribution in [0.15, 0.2) is 48.5 Å². The van der Waals surface area contributed by atoms with E-state index in [1.807, 2.05) is 0 Å². The van der Waals surface area contributed by atoms with Crippen molar-refractivity contribution in [2.45, 2.75) is 0 Å². The minimum absolute atomic E-state index is 0. The van der Waals surface area contributed by atoms with Crippen molar-refractivity contribution in [3.05, 3.63) is 101 Å². The minimum atomic E-state index is -0.291. The molecule has 116 valence electrons. The van der Waals surface area contributed by atoms with Gasteiger partial charge in [0.15, 0.2) is 0 Å². The zero-order valence-electron chi connectivity index (χ0n) is 13.5. The predicted octanol–water partition coefficient (Wildman–Crippen LogP) is 6.06. The van der Waals surface area contributed by atoms with Crippen LogP contribution in [0.2, 0.25) is 0 Å². The van der Waals surface area contributed by atoms with E-state index < -0.39 is 0 Å². The summed E-state index contributed by atoms with van der Waals surface area (Å²) in [4.78, 5) is 0. The molecule has 0 heterocycles. The van der Waals surface area contributed by atoms with E-state index in [9.17, 15) is 8.78 Å². The molecule has 2 N–H and O–H groups in total. The fraction of sp³-hybridized carbons (Fsp3) is 0. The molecule has 0 bridgehead atoms. The van der Waals surface area contributed by atoms with E-state index in [1.54, 1.807) is 0 Å². The van der Waals surface area contributed by atoms with Crippen molar-refractivity contribution < 1.29 is 8.78 Å². The summed E-state index contributed by atoms with van der Waals surface area (Å²) in [5, 5.41) is 0. The Kier molecular flexibility index (Phi) is 33.9. The van der Waals surface area contributed by atoms with Crippen molar-refractivity contribution in [2.75, 3.05) is 0 Å². The van der Waals surface area contributed by atoms with E-state index in [0.717, 1.165) is 0 Å². The van der Waals surface area contributed by atoms with Gasteiger partial charge in [0.25, 0.3) is 0 Å². The number of rotatable bonds is 0. The van der Waals surface area contributed by atoms with Crippen molar-refractivity contribution in [1.29, 1.82) is 0 Å². The summed E-state index contributed by atoms with van der Waals surface area (Å²) in [6, 6.07) is 10.7. The standard InChI is InChI=1S/2C6H5FN.4CH3.2Al/c2*7-5-1-3-6(8)4-2-5;;;;;;/h2*1-4,8H;4*1H3;;/q6*-1;2*+3. The Balaban J connectivity index is -0.0000000457. The normalized spacial score (nSPS) is 6.64. The third-order valence-electron chi connectivity index (χ3n) is 1.69. The molecule has 2 aromatic rings. The Bertz CT molecular complexity index is 349. The predicted molar refractivity (Wildman–Crippen MR) is 97.9 cm³/mol. The maximum absolute atomic E-state index is 12.0. The second-order valence-corrected chi connectivity index (χ2v) is 3.01. The van der Waals surface area contributed by atoms with Crippen LogP contribution in [0.5, 0.6) is 0 Å². The maximum Gasteiger partial charge on any atom is 3.00 e. The average molecular weight is 334 g/mol. The molecule has 0 amide bonds. The molecule has 2 nitrogen and oxygen atoms in total. The third-order valence-corrected chi connectivity index (χ3v) is 1.69. The summed E-state index contributed by atoms with van der Waals surface area (Å²) in [7, 11) is 0. The molecule has 0 spiro atoms. The van der Waals surface area contributed by atoms with Crippen LogP contribution >= 0.6 is 0 Å². The minimum Gasteiger partial charge on any atom is -0.699 e. The van der Waals surface area contributed by atoms with Gasteiger partial charge in [-0.05, 0) is 24.3 Å². The van der Waals surface area contributed by atoms with E-state index in [4.69, 9.17) is 11.5 Å². The zero-order chi connectivity index (χ0) is 12.0. The van der Waals surface area contributed by atoms with Gasteiger partial charge in [-0.15, -0.1) is 11.4 Å². The quantitative estimate of drug-likeness (QED) is 0.415. The molecule has 22 heavy (non-hydrogen) atoms. The SMILES string of the molecule is [Al+3].[Al+3].[CH3-].[CH3-].[CH3-].[CH3-].[NH-]c1ccc(F)cc1.[NH-]c1ccc(F)cc1. The fourth-order valence-electron chi connectivity index (χ4n) is 0.900. The molecule has 0 aliphatic heterocycles. The Labute approximate surface area is 156 Å². The average Bonchev–Trinajstić information content (AvgIpc) is 2.28. The van der Waals surface area contributed by atoms with Gasteiger partial charge in [0.1, 0.15) is 11.6 Å². The number of halogens is 2. The van der Waals surface area contributed by atoms with Crippen molar-refractivity contribution in [3.8, 4) is 0 Å². The van der Waals surface area contributed by atoms with Gasteiger partial charge in [-0.2, -0.15) is 0 Å². The third kappa shape index (κ3) is 17.0. The van der Waals surface area contributed by atoms with Gasteiger partial charge in [0, 0.05) is 0 Å². The van der Waals surface area contributed by atoms with Crippen molar-refractivity contribution in [3.63, 3.8) is 0 Å². The largest absolute Gasteiger partial charge is 3.00 e. The van der Waals surface area contributed by atoms with E-state index >= 15 is 0 Å². The first-order valence-electron chi connectivity index (χ1n) is 4.52. The summed E-state index contributed by atoms with van der Waals surface area (Å²) >= 11 is 0. The molecule has 2 rings (SSSR count). The van der Waals surface area contributed by atoms with Crippen LogP contribution in [0.3, 0.4) is 0 Å². The Morgan fingerprint density at radius 3 is 0.818 bits per heavy atom. The number of hydrogen-bond donors (Lipinski definition) is 0. The zero-order valence-corrected chi connectivity index (χ0v) is 15.8. The molecule has 2 aromatic carbocycles. The Morgan fingerprint density at radius 1 is 0.500 bits per heavy atom. The molecule has 0 saturated heterocycles. The molecular weight excluding hydrogens is 312 g/mol. The van der Waals surface area contributed by atoms with E-state index in [-0.39, 0.29) is 76.1 Å². The molecule has 0 fully saturated rings. The van der Waals surface area contributed by atoms with Gasteiger partial charge < -0.3 is 41.2 Å². The summed E-state index contributed by atoms with van der Waals surface area (Å²) in [5.74, 6) is -0.581. The monoisotopic (exact) mass is 334 g/mol. The molecule has 6 heteroatoms. The Morgan fingerprint density at radius 2 is 0.682 bits per heavy atom. The van der Waals surface area contributed by atoms with Crippen LogP contribution in [0.1, 0.15) is 0 Å². The van der Waals surface area contributed by atoms with Gasteiger partial charge in [0.2, 0.25) is 0 Å². The summed E-state index contributed by atoms with van der Waals surface area (Å²) in [6.45, 7) is 0.